The van der Waals surface area contributed by atoms with Gasteiger partial charge >= 0.3 is 0 Å². The van der Waals surface area contributed by atoms with E-state index < -0.39 is 0 Å². The van der Waals surface area contributed by atoms with Gasteiger partial charge in [0, 0.05) is 42.0 Å². The van der Waals surface area contributed by atoms with E-state index in [1.54, 1.807) is 4.90 Å². The summed E-state index contributed by atoms with van der Waals surface area (Å²) < 4.78 is 5.80. The second-order valence-corrected chi connectivity index (χ2v) is 5.54. The third kappa shape index (κ3) is 1.91. The number of hydrogen-bond acceptors (Lipinski definition) is 3. The van der Waals surface area contributed by atoms with Gasteiger partial charge < -0.3 is 14.4 Å². The van der Waals surface area contributed by atoms with E-state index >= 15 is 0 Å². The molecule has 1 amide bonds. The number of aliphatic hydroxyl groups excluding tert-OH is 1. The van der Waals surface area contributed by atoms with E-state index in [9.17, 15) is 9.90 Å². The molecule has 0 radical (unpaired) electrons. The first kappa shape index (κ1) is 12.4. The van der Waals surface area contributed by atoms with Crippen molar-refractivity contribution in [2.24, 2.45) is 5.92 Å². The molecule has 3 aromatic rings. The third-order valence-electron chi connectivity index (χ3n) is 4.14. The van der Waals surface area contributed by atoms with Crippen LogP contribution in [0.15, 0.2) is 46.9 Å². The highest BCUT2D eigenvalue weighted by Gasteiger charge is 2.30. The molecule has 4 heteroatoms. The molecule has 0 bridgehead atoms. The molecular formula is C17H15NO3. The zero-order valence-corrected chi connectivity index (χ0v) is 11.5. The highest BCUT2D eigenvalue weighted by molar-refractivity contribution is 6.07. The van der Waals surface area contributed by atoms with Crippen LogP contribution in [0.3, 0.4) is 0 Å². The molecule has 1 aliphatic rings. The lowest BCUT2D eigenvalue weighted by Crippen LogP contribution is -2.24. The molecule has 2 aromatic carbocycles. The standard InChI is InChI=1S/C17H15NO3/c19-10-11-7-17(20)18(9-11)12-5-6-16-14(8-12)13-3-1-2-4-15(13)21-16/h1-6,8,11,19H,7,9-10H2. The highest BCUT2D eigenvalue weighted by Crippen LogP contribution is 2.33. The first-order valence-electron chi connectivity index (χ1n) is 7.09. The van der Waals surface area contributed by atoms with Crippen LogP contribution in [-0.2, 0) is 4.79 Å². The molecule has 1 aliphatic heterocycles. The number of carbonyl (C=O) groups is 1. The Hall–Kier alpha value is -2.33. The van der Waals surface area contributed by atoms with E-state index in [4.69, 9.17) is 4.42 Å². The molecule has 1 atom stereocenters. The monoisotopic (exact) mass is 281 g/mol. The van der Waals surface area contributed by atoms with Gasteiger partial charge in [0.15, 0.2) is 0 Å². The van der Waals surface area contributed by atoms with E-state index in [0.29, 0.717) is 13.0 Å². The maximum absolute atomic E-state index is 12.1. The minimum atomic E-state index is 0.0364. The average molecular weight is 281 g/mol. The van der Waals surface area contributed by atoms with Gasteiger partial charge in [-0.05, 0) is 24.3 Å². The van der Waals surface area contributed by atoms with Gasteiger partial charge in [0.2, 0.25) is 5.91 Å². The molecule has 1 saturated heterocycles. The number of para-hydroxylation sites is 1. The van der Waals surface area contributed by atoms with Crippen LogP contribution in [0.2, 0.25) is 0 Å². The molecule has 0 saturated carbocycles. The Morgan fingerprint density at radius 3 is 2.76 bits per heavy atom. The van der Waals surface area contributed by atoms with Crippen molar-refractivity contribution in [2.75, 3.05) is 18.1 Å². The molecule has 1 unspecified atom stereocenters. The molecule has 4 nitrogen and oxygen atoms in total. The van der Waals surface area contributed by atoms with Crippen molar-refractivity contribution in [3.63, 3.8) is 0 Å². The number of aliphatic hydroxyl groups is 1. The summed E-state index contributed by atoms with van der Waals surface area (Å²) in [4.78, 5) is 13.8. The Morgan fingerprint density at radius 1 is 1.14 bits per heavy atom. The molecule has 21 heavy (non-hydrogen) atoms. The van der Waals surface area contributed by atoms with Crippen molar-refractivity contribution in [1.29, 1.82) is 0 Å². The molecule has 1 aromatic heterocycles. The Balaban J connectivity index is 1.83. The van der Waals surface area contributed by atoms with Crippen LogP contribution < -0.4 is 4.90 Å². The summed E-state index contributed by atoms with van der Waals surface area (Å²) in [5.74, 6) is 0.107. The van der Waals surface area contributed by atoms with E-state index in [1.807, 2.05) is 42.5 Å². The fourth-order valence-electron chi connectivity index (χ4n) is 3.04. The average Bonchev–Trinajstić information content (AvgIpc) is 3.07. The van der Waals surface area contributed by atoms with Crippen molar-refractivity contribution < 1.29 is 14.3 Å². The normalized spacial score (nSPS) is 19.0. The van der Waals surface area contributed by atoms with Crippen LogP contribution in [0.4, 0.5) is 5.69 Å². The maximum Gasteiger partial charge on any atom is 0.227 e. The third-order valence-corrected chi connectivity index (χ3v) is 4.14. The first-order valence-corrected chi connectivity index (χ1v) is 7.09. The Morgan fingerprint density at radius 2 is 1.95 bits per heavy atom. The van der Waals surface area contributed by atoms with Crippen LogP contribution in [0.1, 0.15) is 6.42 Å². The quantitative estimate of drug-likeness (QED) is 0.785. The fraction of sp³-hybridized carbons (Fsp3) is 0.235. The summed E-state index contributed by atoms with van der Waals surface area (Å²) in [5, 5.41) is 11.3. The summed E-state index contributed by atoms with van der Waals surface area (Å²) in [6.07, 6.45) is 0.417. The van der Waals surface area contributed by atoms with Crippen molar-refractivity contribution in [1.82, 2.24) is 0 Å². The minimum Gasteiger partial charge on any atom is -0.456 e. The molecule has 1 fully saturated rings. The summed E-state index contributed by atoms with van der Waals surface area (Å²) in [7, 11) is 0. The Bertz CT molecular complexity index is 836. The zero-order chi connectivity index (χ0) is 14.4. The molecule has 2 heterocycles. The number of anilines is 1. The smallest absolute Gasteiger partial charge is 0.227 e. The number of benzene rings is 2. The predicted molar refractivity (Wildman–Crippen MR) is 81.3 cm³/mol. The van der Waals surface area contributed by atoms with Gasteiger partial charge in [0.25, 0.3) is 0 Å². The highest BCUT2D eigenvalue weighted by atomic mass is 16.3. The van der Waals surface area contributed by atoms with Crippen molar-refractivity contribution in [3.8, 4) is 0 Å². The molecule has 0 aliphatic carbocycles. The summed E-state index contributed by atoms with van der Waals surface area (Å²) >= 11 is 0. The topological polar surface area (TPSA) is 53.7 Å². The molecule has 106 valence electrons. The Labute approximate surface area is 121 Å². The second-order valence-electron chi connectivity index (χ2n) is 5.54. The van der Waals surface area contributed by atoms with Gasteiger partial charge in [-0.15, -0.1) is 0 Å². The minimum absolute atomic E-state index is 0.0364. The Kier molecular flexibility index (Phi) is 2.72. The van der Waals surface area contributed by atoms with Crippen LogP contribution in [0.5, 0.6) is 0 Å². The number of hydrogen-bond donors (Lipinski definition) is 1. The van der Waals surface area contributed by atoms with Crippen molar-refractivity contribution in [3.05, 3.63) is 42.5 Å². The lowest BCUT2D eigenvalue weighted by Gasteiger charge is -2.16. The zero-order valence-electron chi connectivity index (χ0n) is 11.5. The number of rotatable bonds is 2. The lowest BCUT2D eigenvalue weighted by atomic mass is 10.1. The number of amides is 1. The molecule has 1 N–H and O–H groups in total. The van der Waals surface area contributed by atoms with Crippen LogP contribution in [-0.4, -0.2) is 24.2 Å². The van der Waals surface area contributed by atoms with Gasteiger partial charge in [-0.1, -0.05) is 18.2 Å². The van der Waals surface area contributed by atoms with Crippen LogP contribution >= 0.6 is 0 Å². The largest absolute Gasteiger partial charge is 0.456 e. The van der Waals surface area contributed by atoms with Gasteiger partial charge in [0.05, 0.1) is 0 Å². The molecule has 0 spiro atoms. The van der Waals surface area contributed by atoms with Crippen molar-refractivity contribution >= 4 is 33.5 Å². The van der Waals surface area contributed by atoms with E-state index in [-0.39, 0.29) is 18.4 Å². The number of fused-ring (bicyclic) bond motifs is 3. The van der Waals surface area contributed by atoms with Gasteiger partial charge in [-0.3, -0.25) is 4.79 Å². The molecule has 4 rings (SSSR count). The van der Waals surface area contributed by atoms with Gasteiger partial charge in [-0.25, -0.2) is 0 Å². The number of nitrogens with zero attached hydrogens (tertiary/aromatic N) is 1. The van der Waals surface area contributed by atoms with Crippen LogP contribution in [0, 0.1) is 5.92 Å². The lowest BCUT2D eigenvalue weighted by molar-refractivity contribution is -0.117. The summed E-state index contributed by atoms with van der Waals surface area (Å²) in [5.41, 5.74) is 2.55. The maximum atomic E-state index is 12.1. The predicted octanol–water partition coefficient (Wildman–Crippen LogP) is 2.93. The van der Waals surface area contributed by atoms with Crippen molar-refractivity contribution in [2.45, 2.75) is 6.42 Å². The van der Waals surface area contributed by atoms with Gasteiger partial charge in [0.1, 0.15) is 11.2 Å². The first-order chi connectivity index (χ1) is 10.3. The molecular weight excluding hydrogens is 266 g/mol. The second kappa shape index (κ2) is 4.60. The summed E-state index contributed by atoms with van der Waals surface area (Å²) in [6.45, 7) is 0.635. The number of furan rings is 1. The SMILES string of the molecule is O=C1CC(CO)CN1c1ccc2oc3ccccc3c2c1. The van der Waals surface area contributed by atoms with E-state index in [2.05, 4.69) is 0 Å². The number of carbonyl (C=O) groups excluding carboxylic acids is 1. The summed E-state index contributed by atoms with van der Waals surface area (Å²) in [6, 6.07) is 13.7. The fourth-order valence-corrected chi connectivity index (χ4v) is 3.04. The van der Waals surface area contributed by atoms with Gasteiger partial charge in [-0.2, -0.15) is 0 Å². The van der Waals surface area contributed by atoms with Crippen LogP contribution in [0.25, 0.3) is 21.9 Å². The van der Waals surface area contributed by atoms with E-state index in [1.165, 1.54) is 0 Å². The van der Waals surface area contributed by atoms with E-state index in [0.717, 1.165) is 27.6 Å².